The summed E-state index contributed by atoms with van der Waals surface area (Å²) in [4.78, 5) is 34.6. The number of aryl methyl sites for hydroxylation is 1. The lowest BCUT2D eigenvalue weighted by atomic mass is 9.94. The molecule has 1 saturated heterocycles. The van der Waals surface area contributed by atoms with Gasteiger partial charge in [-0.05, 0) is 39.7 Å². The number of Topliss-reactive ketones (excluding diaryl/α,β-unsaturated/α-hetero) is 1. The van der Waals surface area contributed by atoms with Crippen molar-refractivity contribution in [3.63, 3.8) is 0 Å². The smallest absolute Gasteiger partial charge is 0.244 e. The van der Waals surface area contributed by atoms with Crippen molar-refractivity contribution in [2.75, 3.05) is 13.1 Å². The normalized spacial score (nSPS) is 17.6. The van der Waals surface area contributed by atoms with E-state index in [0.29, 0.717) is 17.8 Å². The van der Waals surface area contributed by atoms with E-state index in [2.05, 4.69) is 15.1 Å². The maximum atomic E-state index is 12.7. The Bertz CT molecular complexity index is 784. The number of amides is 1. The molecule has 0 unspecified atom stereocenters. The predicted molar refractivity (Wildman–Crippen MR) is 92.3 cm³/mol. The molecular weight excluding hydrogens is 318 g/mol. The fourth-order valence-corrected chi connectivity index (χ4v) is 3.58. The van der Waals surface area contributed by atoms with E-state index >= 15 is 0 Å². The lowest BCUT2D eigenvalue weighted by Crippen LogP contribution is -2.41. The average molecular weight is 341 g/mol. The zero-order chi connectivity index (χ0) is 18.0. The van der Waals surface area contributed by atoms with Crippen LogP contribution in [0.4, 0.5) is 0 Å². The van der Waals surface area contributed by atoms with Crippen LogP contribution in [0.15, 0.2) is 18.6 Å². The Kier molecular flexibility index (Phi) is 4.92. The average Bonchev–Trinajstić information content (AvgIpc) is 2.89. The van der Waals surface area contributed by atoms with Gasteiger partial charge in [0.05, 0.1) is 11.3 Å². The van der Waals surface area contributed by atoms with E-state index in [9.17, 15) is 9.59 Å². The SMILES string of the molecule is CC(=O)c1c(C)nn(CC(=O)N2CCC[C@H](c3ccncn3)C2)c1C. The number of likely N-dealkylation sites (tertiary alicyclic amines) is 1. The summed E-state index contributed by atoms with van der Waals surface area (Å²) in [7, 11) is 0. The van der Waals surface area contributed by atoms with Crippen LogP contribution in [-0.4, -0.2) is 49.4 Å². The van der Waals surface area contributed by atoms with Gasteiger partial charge in [-0.15, -0.1) is 0 Å². The zero-order valence-corrected chi connectivity index (χ0v) is 14.9. The van der Waals surface area contributed by atoms with Gasteiger partial charge >= 0.3 is 0 Å². The van der Waals surface area contributed by atoms with Gasteiger partial charge in [0.2, 0.25) is 5.91 Å². The molecule has 1 fully saturated rings. The maximum absolute atomic E-state index is 12.7. The first kappa shape index (κ1) is 17.3. The summed E-state index contributed by atoms with van der Waals surface area (Å²) in [5.74, 6) is 0.254. The maximum Gasteiger partial charge on any atom is 0.244 e. The van der Waals surface area contributed by atoms with Crippen molar-refractivity contribution >= 4 is 11.7 Å². The monoisotopic (exact) mass is 341 g/mol. The molecule has 1 amide bonds. The highest BCUT2D eigenvalue weighted by Gasteiger charge is 2.26. The molecule has 2 aromatic heterocycles. The van der Waals surface area contributed by atoms with Crippen LogP contribution in [0.5, 0.6) is 0 Å². The van der Waals surface area contributed by atoms with Crippen LogP contribution >= 0.6 is 0 Å². The topological polar surface area (TPSA) is 81.0 Å². The summed E-state index contributed by atoms with van der Waals surface area (Å²) in [6, 6.07) is 1.92. The molecule has 3 heterocycles. The molecule has 0 saturated carbocycles. The number of ketones is 1. The lowest BCUT2D eigenvalue weighted by Gasteiger charge is -2.32. The van der Waals surface area contributed by atoms with Crippen molar-refractivity contribution in [3.8, 4) is 0 Å². The summed E-state index contributed by atoms with van der Waals surface area (Å²) in [6.07, 6.45) is 5.27. The van der Waals surface area contributed by atoms with Crippen LogP contribution in [0.25, 0.3) is 0 Å². The molecule has 2 aromatic rings. The molecule has 1 atom stereocenters. The molecule has 1 aliphatic heterocycles. The van der Waals surface area contributed by atoms with Crippen LogP contribution in [0.1, 0.15) is 53.1 Å². The predicted octanol–water partition coefficient (Wildman–Crippen LogP) is 1.90. The Hall–Kier alpha value is -2.57. The third-order valence-corrected chi connectivity index (χ3v) is 4.82. The van der Waals surface area contributed by atoms with Gasteiger partial charge < -0.3 is 4.90 Å². The molecule has 0 spiro atoms. The van der Waals surface area contributed by atoms with E-state index in [4.69, 9.17) is 0 Å². The van der Waals surface area contributed by atoms with Gasteiger partial charge in [0.1, 0.15) is 12.9 Å². The number of carbonyl (C=O) groups is 2. The van der Waals surface area contributed by atoms with Crippen LogP contribution in [0.3, 0.4) is 0 Å². The third kappa shape index (κ3) is 3.60. The minimum atomic E-state index is -0.0181. The Morgan fingerprint density at radius 3 is 2.76 bits per heavy atom. The van der Waals surface area contributed by atoms with E-state index in [-0.39, 0.29) is 24.2 Å². The fraction of sp³-hybridized carbons (Fsp3) is 0.500. The number of carbonyl (C=O) groups excluding carboxylic acids is 2. The summed E-state index contributed by atoms with van der Waals surface area (Å²) in [5, 5.41) is 4.37. The minimum Gasteiger partial charge on any atom is -0.340 e. The Morgan fingerprint density at radius 1 is 1.32 bits per heavy atom. The Labute approximate surface area is 147 Å². The van der Waals surface area contributed by atoms with Gasteiger partial charge in [-0.2, -0.15) is 5.10 Å². The zero-order valence-electron chi connectivity index (χ0n) is 14.9. The molecular formula is C18H23N5O2. The van der Waals surface area contributed by atoms with Gasteiger partial charge in [0, 0.05) is 36.6 Å². The molecule has 7 nitrogen and oxygen atoms in total. The number of aromatic nitrogens is 4. The first-order valence-electron chi connectivity index (χ1n) is 8.56. The van der Waals surface area contributed by atoms with E-state index in [1.54, 1.807) is 24.1 Å². The first-order chi connectivity index (χ1) is 12.0. The van der Waals surface area contributed by atoms with Crippen molar-refractivity contribution in [2.24, 2.45) is 0 Å². The molecule has 3 rings (SSSR count). The fourth-order valence-electron chi connectivity index (χ4n) is 3.58. The standard InChI is InChI=1S/C18H23N5O2/c1-12-18(14(3)24)13(2)23(21-12)10-17(25)22-8-4-5-15(9-22)16-6-7-19-11-20-16/h6-7,11,15H,4-5,8-10H2,1-3H3/t15-/m0/s1. The molecule has 132 valence electrons. The number of nitrogens with zero attached hydrogens (tertiary/aromatic N) is 5. The second-order valence-corrected chi connectivity index (χ2v) is 6.57. The molecule has 0 radical (unpaired) electrons. The Balaban J connectivity index is 1.71. The third-order valence-electron chi connectivity index (χ3n) is 4.82. The van der Waals surface area contributed by atoms with Crippen molar-refractivity contribution < 1.29 is 9.59 Å². The van der Waals surface area contributed by atoms with E-state index in [1.165, 1.54) is 6.92 Å². The van der Waals surface area contributed by atoms with Crippen LogP contribution < -0.4 is 0 Å². The highest BCUT2D eigenvalue weighted by Crippen LogP contribution is 2.25. The van der Waals surface area contributed by atoms with E-state index < -0.39 is 0 Å². The minimum absolute atomic E-state index is 0.0181. The highest BCUT2D eigenvalue weighted by molar-refractivity contribution is 5.96. The molecule has 0 aliphatic carbocycles. The Morgan fingerprint density at radius 2 is 2.12 bits per heavy atom. The molecule has 0 aromatic carbocycles. The van der Waals surface area contributed by atoms with Gasteiger partial charge in [0.15, 0.2) is 5.78 Å². The second kappa shape index (κ2) is 7.13. The molecule has 0 bridgehead atoms. The summed E-state index contributed by atoms with van der Waals surface area (Å²) < 4.78 is 1.64. The molecule has 0 N–H and O–H groups in total. The van der Waals surface area contributed by atoms with Crippen molar-refractivity contribution in [3.05, 3.63) is 41.2 Å². The number of piperidine rings is 1. The van der Waals surface area contributed by atoms with E-state index in [0.717, 1.165) is 30.8 Å². The molecule has 1 aliphatic rings. The number of rotatable bonds is 4. The van der Waals surface area contributed by atoms with Crippen LogP contribution in [0, 0.1) is 13.8 Å². The van der Waals surface area contributed by atoms with Crippen molar-refractivity contribution in [1.82, 2.24) is 24.6 Å². The first-order valence-corrected chi connectivity index (χ1v) is 8.56. The summed E-state index contributed by atoms with van der Waals surface area (Å²) >= 11 is 0. The van der Waals surface area contributed by atoms with Gasteiger partial charge in [-0.25, -0.2) is 9.97 Å². The van der Waals surface area contributed by atoms with Gasteiger partial charge in [-0.1, -0.05) is 0 Å². The second-order valence-electron chi connectivity index (χ2n) is 6.57. The van der Waals surface area contributed by atoms with Crippen LogP contribution in [-0.2, 0) is 11.3 Å². The van der Waals surface area contributed by atoms with Gasteiger partial charge in [0.25, 0.3) is 0 Å². The summed E-state index contributed by atoms with van der Waals surface area (Å²) in [5.41, 5.74) is 3.03. The summed E-state index contributed by atoms with van der Waals surface area (Å²) in [6.45, 7) is 6.74. The molecule has 7 heteroatoms. The van der Waals surface area contributed by atoms with Crippen LogP contribution in [0.2, 0.25) is 0 Å². The molecule has 25 heavy (non-hydrogen) atoms. The number of hydrogen-bond acceptors (Lipinski definition) is 5. The van der Waals surface area contributed by atoms with Crippen molar-refractivity contribution in [2.45, 2.75) is 46.1 Å². The van der Waals surface area contributed by atoms with Crippen molar-refractivity contribution in [1.29, 1.82) is 0 Å². The lowest BCUT2D eigenvalue weighted by molar-refractivity contribution is -0.133. The van der Waals surface area contributed by atoms with E-state index in [1.807, 2.05) is 17.9 Å². The van der Waals surface area contributed by atoms with Gasteiger partial charge in [-0.3, -0.25) is 14.3 Å². The highest BCUT2D eigenvalue weighted by atomic mass is 16.2. The largest absolute Gasteiger partial charge is 0.340 e. The number of hydrogen-bond donors (Lipinski definition) is 0. The quantitative estimate of drug-likeness (QED) is 0.794.